The SMILES string of the molecule is CCCCc1ccc(C2CCC(CCC3CCC(/C=C/F)CC3)CC2)cc1. The predicted molar refractivity (Wildman–Crippen MR) is 115 cm³/mol. The Morgan fingerprint density at radius 3 is 2.00 bits per heavy atom. The van der Waals surface area contributed by atoms with E-state index in [1.54, 1.807) is 11.6 Å². The minimum absolute atomic E-state index is 0.509. The number of halogens is 1. The molecule has 0 nitrogen and oxygen atoms in total. The van der Waals surface area contributed by atoms with E-state index in [2.05, 4.69) is 31.2 Å². The summed E-state index contributed by atoms with van der Waals surface area (Å²) in [7, 11) is 0. The Morgan fingerprint density at radius 2 is 1.44 bits per heavy atom. The number of unbranched alkanes of at least 4 members (excludes halogenated alkanes) is 1. The van der Waals surface area contributed by atoms with E-state index < -0.39 is 0 Å². The molecule has 2 fully saturated rings. The second kappa shape index (κ2) is 11.0. The normalized spacial score (nSPS) is 29.3. The Bertz CT molecular complexity index is 542. The van der Waals surface area contributed by atoms with Crippen molar-refractivity contribution in [2.24, 2.45) is 17.8 Å². The second-order valence-corrected chi connectivity index (χ2v) is 9.24. The molecule has 150 valence electrons. The lowest BCUT2D eigenvalue weighted by Gasteiger charge is -2.31. The molecule has 0 spiro atoms. The summed E-state index contributed by atoms with van der Waals surface area (Å²) in [5, 5.41) is 0. The van der Waals surface area contributed by atoms with Gasteiger partial charge in [0.1, 0.15) is 0 Å². The number of hydrogen-bond donors (Lipinski definition) is 0. The highest BCUT2D eigenvalue weighted by atomic mass is 19.1. The lowest BCUT2D eigenvalue weighted by Crippen LogP contribution is -2.17. The first-order valence-corrected chi connectivity index (χ1v) is 11.6. The van der Waals surface area contributed by atoms with E-state index >= 15 is 0 Å². The molecule has 1 aromatic carbocycles. The molecule has 0 heterocycles. The van der Waals surface area contributed by atoms with Gasteiger partial charge in [0.05, 0.1) is 6.33 Å². The second-order valence-electron chi connectivity index (χ2n) is 9.24. The van der Waals surface area contributed by atoms with Crippen molar-refractivity contribution < 1.29 is 4.39 Å². The summed E-state index contributed by atoms with van der Waals surface area (Å²) in [6.07, 6.45) is 19.8. The highest BCUT2D eigenvalue weighted by Crippen LogP contribution is 2.40. The van der Waals surface area contributed by atoms with Crippen LogP contribution in [-0.2, 0) is 6.42 Å². The van der Waals surface area contributed by atoms with Crippen LogP contribution >= 0.6 is 0 Å². The zero-order valence-corrected chi connectivity index (χ0v) is 17.3. The molecule has 1 heteroatoms. The van der Waals surface area contributed by atoms with E-state index in [-0.39, 0.29) is 0 Å². The van der Waals surface area contributed by atoms with E-state index in [9.17, 15) is 4.39 Å². The van der Waals surface area contributed by atoms with Crippen molar-refractivity contribution in [2.75, 3.05) is 0 Å². The maximum atomic E-state index is 12.3. The lowest BCUT2D eigenvalue weighted by atomic mass is 9.74. The van der Waals surface area contributed by atoms with Gasteiger partial charge in [0.25, 0.3) is 0 Å². The molecule has 0 bridgehead atoms. The average Bonchev–Trinajstić information content (AvgIpc) is 2.73. The molecule has 0 unspecified atom stereocenters. The first-order chi connectivity index (χ1) is 13.3. The Balaban J connectivity index is 1.35. The van der Waals surface area contributed by atoms with Gasteiger partial charge in [-0.1, -0.05) is 56.5 Å². The number of benzene rings is 1. The third-order valence-corrected chi connectivity index (χ3v) is 7.34. The number of hydrogen-bond acceptors (Lipinski definition) is 0. The van der Waals surface area contributed by atoms with E-state index in [0.717, 1.165) is 24.1 Å². The van der Waals surface area contributed by atoms with Crippen LogP contribution in [0.25, 0.3) is 0 Å². The standard InChI is InChI=1S/C26H39F/c1-2-3-4-21-11-15-25(16-12-21)26-17-13-23(14-18-26)6-5-22-7-9-24(10-8-22)19-20-27/h11-12,15-16,19-20,22-24,26H,2-10,13-14,17-18H2,1H3/b20-19+. The minimum Gasteiger partial charge on any atom is -0.216 e. The van der Waals surface area contributed by atoms with Gasteiger partial charge in [0.15, 0.2) is 0 Å². The molecule has 27 heavy (non-hydrogen) atoms. The van der Waals surface area contributed by atoms with Crippen LogP contribution in [0.15, 0.2) is 36.7 Å². The van der Waals surface area contributed by atoms with Gasteiger partial charge in [-0.05, 0) is 99.0 Å². The zero-order chi connectivity index (χ0) is 18.9. The number of rotatable bonds is 8. The quantitative estimate of drug-likeness (QED) is 0.431. The summed E-state index contributed by atoms with van der Waals surface area (Å²) >= 11 is 0. The summed E-state index contributed by atoms with van der Waals surface area (Å²) < 4.78 is 12.3. The minimum atomic E-state index is 0.509. The lowest BCUT2D eigenvalue weighted by molar-refractivity contribution is 0.245. The first kappa shape index (κ1) is 20.6. The Morgan fingerprint density at radius 1 is 0.852 bits per heavy atom. The molecular weight excluding hydrogens is 331 g/mol. The summed E-state index contributed by atoms with van der Waals surface area (Å²) in [6, 6.07) is 9.54. The summed E-state index contributed by atoms with van der Waals surface area (Å²) in [6.45, 7) is 2.27. The van der Waals surface area contributed by atoms with Crippen LogP contribution in [-0.4, -0.2) is 0 Å². The van der Waals surface area contributed by atoms with Gasteiger partial charge in [0.2, 0.25) is 0 Å². The largest absolute Gasteiger partial charge is 0.216 e. The fraction of sp³-hybridized carbons (Fsp3) is 0.692. The van der Waals surface area contributed by atoms with Gasteiger partial charge in [-0.15, -0.1) is 0 Å². The van der Waals surface area contributed by atoms with Gasteiger partial charge in [0, 0.05) is 0 Å². The van der Waals surface area contributed by atoms with Crippen LogP contribution in [0.4, 0.5) is 4.39 Å². The molecule has 0 N–H and O–H groups in total. The average molecular weight is 371 g/mol. The van der Waals surface area contributed by atoms with Crippen molar-refractivity contribution in [3.05, 3.63) is 47.8 Å². The van der Waals surface area contributed by atoms with Crippen LogP contribution in [0.3, 0.4) is 0 Å². The number of allylic oxidation sites excluding steroid dienone is 1. The van der Waals surface area contributed by atoms with Gasteiger partial charge < -0.3 is 0 Å². The van der Waals surface area contributed by atoms with Crippen molar-refractivity contribution in [1.29, 1.82) is 0 Å². The molecule has 0 radical (unpaired) electrons. The van der Waals surface area contributed by atoms with E-state index in [0.29, 0.717) is 5.92 Å². The molecule has 0 amide bonds. The highest BCUT2D eigenvalue weighted by Gasteiger charge is 2.24. The maximum absolute atomic E-state index is 12.3. The Kier molecular flexibility index (Phi) is 8.42. The maximum Gasteiger partial charge on any atom is 0.0829 e. The Labute approximate surface area is 166 Å². The van der Waals surface area contributed by atoms with E-state index in [1.807, 2.05) is 0 Å². The van der Waals surface area contributed by atoms with Gasteiger partial charge in [-0.2, -0.15) is 0 Å². The van der Waals surface area contributed by atoms with Crippen molar-refractivity contribution in [3.8, 4) is 0 Å². The molecule has 3 rings (SSSR count). The molecule has 0 aromatic heterocycles. The van der Waals surface area contributed by atoms with E-state index in [4.69, 9.17) is 0 Å². The molecule has 0 atom stereocenters. The molecule has 2 aliphatic carbocycles. The van der Waals surface area contributed by atoms with Crippen molar-refractivity contribution >= 4 is 0 Å². The van der Waals surface area contributed by atoms with Crippen LogP contribution < -0.4 is 0 Å². The van der Waals surface area contributed by atoms with Crippen LogP contribution in [0, 0.1) is 17.8 Å². The van der Waals surface area contributed by atoms with Gasteiger partial charge >= 0.3 is 0 Å². The smallest absolute Gasteiger partial charge is 0.0829 e. The summed E-state index contributed by atoms with van der Waals surface area (Å²) in [4.78, 5) is 0. The summed E-state index contributed by atoms with van der Waals surface area (Å²) in [5.74, 6) is 3.16. The van der Waals surface area contributed by atoms with Crippen LogP contribution in [0.1, 0.15) is 101 Å². The number of aryl methyl sites for hydroxylation is 1. The van der Waals surface area contributed by atoms with Crippen LogP contribution in [0.2, 0.25) is 0 Å². The zero-order valence-electron chi connectivity index (χ0n) is 17.3. The van der Waals surface area contributed by atoms with Gasteiger partial charge in [-0.3, -0.25) is 0 Å². The fourth-order valence-electron chi connectivity index (χ4n) is 5.37. The first-order valence-electron chi connectivity index (χ1n) is 11.6. The molecule has 2 saturated carbocycles. The monoisotopic (exact) mass is 370 g/mol. The van der Waals surface area contributed by atoms with Crippen molar-refractivity contribution in [3.63, 3.8) is 0 Å². The predicted octanol–water partition coefficient (Wildman–Crippen LogP) is 8.37. The third kappa shape index (κ3) is 6.47. The Hall–Kier alpha value is -1.11. The third-order valence-electron chi connectivity index (χ3n) is 7.34. The highest BCUT2D eigenvalue weighted by molar-refractivity contribution is 5.26. The van der Waals surface area contributed by atoms with E-state index in [1.165, 1.54) is 89.0 Å². The van der Waals surface area contributed by atoms with Gasteiger partial charge in [-0.25, -0.2) is 4.39 Å². The topological polar surface area (TPSA) is 0 Å². The summed E-state index contributed by atoms with van der Waals surface area (Å²) in [5.41, 5.74) is 3.08. The molecule has 2 aliphatic rings. The molecular formula is C26H39F. The molecule has 0 saturated heterocycles. The molecule has 0 aliphatic heterocycles. The fourth-order valence-corrected chi connectivity index (χ4v) is 5.37. The van der Waals surface area contributed by atoms with Crippen molar-refractivity contribution in [2.45, 2.75) is 96.3 Å². The van der Waals surface area contributed by atoms with Crippen LogP contribution in [0.5, 0.6) is 0 Å². The molecule has 1 aromatic rings. The van der Waals surface area contributed by atoms with Crippen molar-refractivity contribution in [1.82, 2.24) is 0 Å².